The van der Waals surface area contributed by atoms with Crippen LogP contribution in [0, 0.1) is 13.8 Å². The summed E-state index contributed by atoms with van der Waals surface area (Å²) in [4.78, 5) is 12.0. The molecule has 0 aliphatic rings. The van der Waals surface area contributed by atoms with Crippen LogP contribution in [0.25, 0.3) is 0 Å². The van der Waals surface area contributed by atoms with Crippen LogP contribution in [0.5, 0.6) is 0 Å². The Morgan fingerprint density at radius 1 is 1.12 bits per heavy atom. The highest BCUT2D eigenvalue weighted by Gasteiger charge is 2.29. The number of hydrogen-bond acceptors (Lipinski definition) is 4. The smallest absolute Gasteiger partial charge is 0.326 e. The molecule has 0 unspecified atom stereocenters. The molecule has 0 radical (unpaired) electrons. The zero-order chi connectivity index (χ0) is 19.5. The van der Waals surface area contributed by atoms with E-state index in [4.69, 9.17) is 27.9 Å². The number of halogens is 2. The number of sulfonamides is 1. The van der Waals surface area contributed by atoms with E-state index in [1.807, 2.05) is 13.0 Å². The second kappa shape index (κ2) is 8.29. The van der Waals surface area contributed by atoms with Crippen molar-refractivity contribution in [3.8, 4) is 0 Å². The molecule has 0 spiro atoms. The van der Waals surface area contributed by atoms with Gasteiger partial charge in [-0.2, -0.15) is 0 Å². The standard InChI is InChI=1S/C18H19Cl2NO4S/c1-4-25-18(22)11-21(17-7-5-6-12(2)13(17)3)26(23,24)14-8-9-15(19)16(20)10-14/h5-10H,4,11H2,1-3H3. The van der Waals surface area contributed by atoms with Crippen LogP contribution in [-0.2, 0) is 19.6 Å². The predicted molar refractivity (Wildman–Crippen MR) is 104 cm³/mol. The van der Waals surface area contributed by atoms with Gasteiger partial charge in [-0.1, -0.05) is 35.3 Å². The number of hydrogen-bond donors (Lipinski definition) is 0. The fourth-order valence-electron chi connectivity index (χ4n) is 2.39. The Balaban J connectivity index is 2.60. The number of esters is 1. The van der Waals surface area contributed by atoms with Crippen molar-refractivity contribution in [3.63, 3.8) is 0 Å². The van der Waals surface area contributed by atoms with Gasteiger partial charge < -0.3 is 4.74 Å². The predicted octanol–water partition coefficient (Wildman–Crippen LogP) is 4.37. The average Bonchev–Trinajstić information content (AvgIpc) is 2.58. The number of benzene rings is 2. The lowest BCUT2D eigenvalue weighted by molar-refractivity contribution is -0.141. The summed E-state index contributed by atoms with van der Waals surface area (Å²) >= 11 is 11.9. The van der Waals surface area contributed by atoms with E-state index in [-0.39, 0.29) is 21.5 Å². The maximum absolute atomic E-state index is 13.2. The van der Waals surface area contributed by atoms with Crippen molar-refractivity contribution in [2.75, 3.05) is 17.5 Å². The lowest BCUT2D eigenvalue weighted by Crippen LogP contribution is -2.37. The molecular weight excluding hydrogens is 397 g/mol. The molecular formula is C18H19Cl2NO4S. The SMILES string of the molecule is CCOC(=O)CN(c1cccc(C)c1C)S(=O)(=O)c1ccc(Cl)c(Cl)c1. The number of ether oxygens (including phenoxy) is 1. The van der Waals surface area contributed by atoms with Crippen LogP contribution in [0.3, 0.4) is 0 Å². The van der Waals surface area contributed by atoms with Gasteiger partial charge in [0, 0.05) is 0 Å². The minimum absolute atomic E-state index is 0.0582. The Bertz CT molecular complexity index is 929. The van der Waals surface area contributed by atoms with E-state index < -0.39 is 22.5 Å². The molecule has 0 aliphatic carbocycles. The fraction of sp³-hybridized carbons (Fsp3) is 0.278. The van der Waals surface area contributed by atoms with Gasteiger partial charge >= 0.3 is 5.97 Å². The van der Waals surface area contributed by atoms with Crippen LogP contribution in [0.4, 0.5) is 5.69 Å². The summed E-state index contributed by atoms with van der Waals surface area (Å²) in [5, 5.41) is 0.360. The van der Waals surface area contributed by atoms with Crippen LogP contribution in [0.1, 0.15) is 18.1 Å². The van der Waals surface area contributed by atoms with E-state index in [9.17, 15) is 13.2 Å². The van der Waals surface area contributed by atoms with Crippen molar-refractivity contribution in [2.24, 2.45) is 0 Å². The lowest BCUT2D eigenvalue weighted by Gasteiger charge is -2.26. The highest BCUT2D eigenvalue weighted by molar-refractivity contribution is 7.92. The van der Waals surface area contributed by atoms with E-state index in [1.54, 1.807) is 26.0 Å². The van der Waals surface area contributed by atoms with Gasteiger partial charge in [0.05, 0.1) is 27.2 Å². The average molecular weight is 416 g/mol. The largest absolute Gasteiger partial charge is 0.465 e. The summed E-state index contributed by atoms with van der Waals surface area (Å²) in [5.74, 6) is -0.642. The van der Waals surface area contributed by atoms with Crippen molar-refractivity contribution in [3.05, 3.63) is 57.6 Å². The first-order valence-corrected chi connectivity index (χ1v) is 10.1. The lowest BCUT2D eigenvalue weighted by atomic mass is 10.1. The summed E-state index contributed by atoms with van der Waals surface area (Å²) < 4.78 is 32.4. The number of anilines is 1. The van der Waals surface area contributed by atoms with Crippen molar-refractivity contribution in [1.29, 1.82) is 0 Å². The molecule has 0 aromatic heterocycles. The molecule has 0 N–H and O–H groups in total. The summed E-state index contributed by atoms with van der Waals surface area (Å²) in [7, 11) is -4.06. The number of rotatable bonds is 6. The maximum atomic E-state index is 13.2. The normalized spacial score (nSPS) is 11.3. The third-order valence-corrected chi connectivity index (χ3v) is 6.40. The Morgan fingerprint density at radius 3 is 2.42 bits per heavy atom. The minimum Gasteiger partial charge on any atom is -0.465 e. The highest BCUT2D eigenvalue weighted by atomic mass is 35.5. The van der Waals surface area contributed by atoms with Crippen LogP contribution < -0.4 is 4.31 Å². The third kappa shape index (κ3) is 4.31. The van der Waals surface area contributed by atoms with E-state index >= 15 is 0 Å². The van der Waals surface area contributed by atoms with Crippen molar-refractivity contribution in [2.45, 2.75) is 25.7 Å². The van der Waals surface area contributed by atoms with Crippen LogP contribution in [0.2, 0.25) is 10.0 Å². The minimum atomic E-state index is -4.06. The Morgan fingerprint density at radius 2 is 1.81 bits per heavy atom. The summed E-state index contributed by atoms with van der Waals surface area (Å²) in [5.41, 5.74) is 2.06. The molecule has 0 bridgehead atoms. The quantitative estimate of drug-likeness (QED) is 0.656. The first kappa shape index (κ1) is 20.6. The second-order valence-electron chi connectivity index (χ2n) is 5.61. The third-order valence-electron chi connectivity index (χ3n) is 3.90. The molecule has 0 fully saturated rings. The molecule has 0 saturated carbocycles. The first-order chi connectivity index (χ1) is 12.2. The molecule has 0 heterocycles. The van der Waals surface area contributed by atoms with Crippen LogP contribution in [0.15, 0.2) is 41.3 Å². The first-order valence-electron chi connectivity index (χ1n) is 7.88. The molecule has 8 heteroatoms. The van der Waals surface area contributed by atoms with Gasteiger partial charge in [-0.25, -0.2) is 8.42 Å². The summed E-state index contributed by atoms with van der Waals surface area (Å²) in [6, 6.07) is 9.28. The molecule has 0 saturated heterocycles. The molecule has 2 aromatic carbocycles. The molecule has 0 amide bonds. The second-order valence-corrected chi connectivity index (χ2v) is 8.29. The van der Waals surface area contributed by atoms with Gasteiger partial charge in [-0.15, -0.1) is 0 Å². The summed E-state index contributed by atoms with van der Waals surface area (Å²) in [6.45, 7) is 5.04. The van der Waals surface area contributed by atoms with Gasteiger partial charge in [0.2, 0.25) is 0 Å². The molecule has 0 aliphatic heterocycles. The zero-order valence-electron chi connectivity index (χ0n) is 14.6. The number of nitrogens with zero attached hydrogens (tertiary/aromatic N) is 1. The van der Waals surface area contributed by atoms with Crippen LogP contribution >= 0.6 is 23.2 Å². The van der Waals surface area contributed by atoms with E-state index in [0.29, 0.717) is 5.69 Å². The van der Waals surface area contributed by atoms with Gasteiger partial charge in [0.25, 0.3) is 10.0 Å². The highest BCUT2D eigenvalue weighted by Crippen LogP contribution is 2.31. The van der Waals surface area contributed by atoms with Crippen LogP contribution in [-0.4, -0.2) is 27.5 Å². The van der Waals surface area contributed by atoms with Gasteiger partial charge in [0.15, 0.2) is 0 Å². The van der Waals surface area contributed by atoms with Gasteiger partial charge in [-0.05, 0) is 56.2 Å². The number of carbonyl (C=O) groups is 1. The van der Waals surface area contributed by atoms with Crippen molar-refractivity contribution < 1.29 is 17.9 Å². The Kier molecular flexibility index (Phi) is 6.55. The fourth-order valence-corrected chi connectivity index (χ4v) is 4.25. The summed E-state index contributed by atoms with van der Waals surface area (Å²) in [6.07, 6.45) is 0. The number of carbonyl (C=O) groups excluding carboxylic acids is 1. The number of aryl methyl sites for hydroxylation is 1. The molecule has 2 rings (SSSR count). The molecule has 140 valence electrons. The zero-order valence-corrected chi connectivity index (χ0v) is 17.0. The monoisotopic (exact) mass is 415 g/mol. The maximum Gasteiger partial charge on any atom is 0.326 e. The van der Waals surface area contributed by atoms with Crippen molar-refractivity contribution >= 4 is 44.9 Å². The molecule has 26 heavy (non-hydrogen) atoms. The Hall–Kier alpha value is -1.76. The van der Waals surface area contributed by atoms with Gasteiger partial charge in [0.1, 0.15) is 6.54 Å². The molecule has 5 nitrogen and oxygen atoms in total. The van der Waals surface area contributed by atoms with Gasteiger partial charge in [-0.3, -0.25) is 9.10 Å². The van der Waals surface area contributed by atoms with E-state index in [0.717, 1.165) is 15.4 Å². The topological polar surface area (TPSA) is 63.7 Å². The molecule has 0 atom stereocenters. The van der Waals surface area contributed by atoms with Crippen molar-refractivity contribution in [1.82, 2.24) is 0 Å². The Labute approximate surface area is 163 Å². The molecule has 2 aromatic rings. The van der Waals surface area contributed by atoms with E-state index in [2.05, 4.69) is 0 Å². The van der Waals surface area contributed by atoms with E-state index in [1.165, 1.54) is 18.2 Å².